The molecule has 8 heteroatoms. The summed E-state index contributed by atoms with van der Waals surface area (Å²) in [6.07, 6.45) is -0.846. The van der Waals surface area contributed by atoms with Crippen LogP contribution in [0.5, 0.6) is 5.88 Å². The molecule has 1 amide bonds. The average molecular weight is 389 g/mol. The largest absolute Gasteiger partial charge is 0.492 e. The third-order valence-electron chi connectivity index (χ3n) is 1.65. The molecule has 0 fully saturated rings. The number of halogens is 3. The van der Waals surface area contributed by atoms with Crippen molar-refractivity contribution in [3.05, 3.63) is 14.5 Å². The number of amides is 1. The van der Waals surface area contributed by atoms with Gasteiger partial charge >= 0.3 is 6.09 Å². The van der Waals surface area contributed by atoms with Crippen molar-refractivity contribution in [1.82, 2.24) is 4.98 Å². The van der Waals surface area contributed by atoms with Crippen LogP contribution in [-0.4, -0.2) is 21.8 Å². The van der Waals surface area contributed by atoms with Crippen molar-refractivity contribution in [2.75, 3.05) is 5.32 Å². The van der Waals surface area contributed by atoms with Gasteiger partial charge in [0, 0.05) is 0 Å². The van der Waals surface area contributed by atoms with Crippen LogP contribution in [0.3, 0.4) is 0 Å². The third kappa shape index (κ3) is 3.84. The monoisotopic (exact) mass is 388 g/mol. The minimum atomic E-state index is -0.926. The van der Waals surface area contributed by atoms with E-state index < -0.39 is 28.5 Å². The third-order valence-corrected chi connectivity index (χ3v) is 2.92. The van der Waals surface area contributed by atoms with E-state index in [1.165, 1.54) is 0 Å². The maximum absolute atomic E-state index is 13.7. The van der Waals surface area contributed by atoms with Crippen LogP contribution < -0.4 is 5.32 Å². The second-order valence-electron chi connectivity index (χ2n) is 4.36. The Bertz CT molecular complexity index is 465. The minimum Gasteiger partial charge on any atom is -0.492 e. The van der Waals surface area contributed by atoms with E-state index in [-0.39, 0.29) is 9.26 Å². The Kier molecular flexibility index (Phi) is 4.60. The Morgan fingerprint density at radius 1 is 1.56 bits per heavy atom. The SMILES string of the molecule is CC(C)(C)OC(=O)Nc1c(F)c(Cl)nc(O)c1I. The van der Waals surface area contributed by atoms with Crippen LogP contribution in [0.4, 0.5) is 14.9 Å². The van der Waals surface area contributed by atoms with Crippen molar-refractivity contribution in [3.8, 4) is 5.88 Å². The summed E-state index contributed by atoms with van der Waals surface area (Å²) < 4.78 is 18.7. The molecule has 0 bridgehead atoms. The predicted octanol–water partition coefficient (Wildman–Crippen LogP) is 3.53. The number of rotatable bonds is 1. The van der Waals surface area contributed by atoms with Crippen molar-refractivity contribution in [2.45, 2.75) is 26.4 Å². The van der Waals surface area contributed by atoms with E-state index >= 15 is 0 Å². The van der Waals surface area contributed by atoms with Crippen molar-refractivity contribution < 1.29 is 19.0 Å². The zero-order valence-corrected chi connectivity index (χ0v) is 12.8. The van der Waals surface area contributed by atoms with Gasteiger partial charge in [-0.3, -0.25) is 5.32 Å². The summed E-state index contributed by atoms with van der Waals surface area (Å²) in [6.45, 7) is 5.01. The summed E-state index contributed by atoms with van der Waals surface area (Å²) in [4.78, 5) is 14.9. The molecule has 0 aliphatic heterocycles. The normalized spacial score (nSPS) is 11.2. The van der Waals surface area contributed by atoms with Crippen LogP contribution in [-0.2, 0) is 4.74 Å². The zero-order valence-electron chi connectivity index (χ0n) is 9.84. The maximum atomic E-state index is 13.7. The number of hydrogen-bond donors (Lipinski definition) is 2. The molecule has 0 radical (unpaired) electrons. The van der Waals surface area contributed by atoms with Gasteiger partial charge in [0.2, 0.25) is 5.88 Å². The zero-order chi connectivity index (χ0) is 14.1. The smallest absolute Gasteiger partial charge is 0.412 e. The number of aromatic hydroxyl groups is 1. The van der Waals surface area contributed by atoms with E-state index in [4.69, 9.17) is 16.3 Å². The highest BCUT2D eigenvalue weighted by atomic mass is 127. The quantitative estimate of drug-likeness (QED) is 0.570. The molecule has 0 saturated heterocycles. The van der Waals surface area contributed by atoms with Gasteiger partial charge < -0.3 is 9.84 Å². The van der Waals surface area contributed by atoms with Crippen LogP contribution in [0.1, 0.15) is 20.8 Å². The maximum Gasteiger partial charge on any atom is 0.412 e. The van der Waals surface area contributed by atoms with Crippen LogP contribution in [0.2, 0.25) is 5.15 Å². The topological polar surface area (TPSA) is 71.5 Å². The summed E-state index contributed by atoms with van der Waals surface area (Å²) in [5.41, 5.74) is -0.979. The molecule has 0 saturated carbocycles. The average Bonchev–Trinajstić information content (AvgIpc) is 2.19. The fourth-order valence-electron chi connectivity index (χ4n) is 1.02. The van der Waals surface area contributed by atoms with E-state index in [1.807, 2.05) is 0 Å². The fraction of sp³-hybridized carbons (Fsp3) is 0.400. The summed E-state index contributed by atoms with van der Waals surface area (Å²) in [5.74, 6) is -1.39. The number of hydrogen-bond acceptors (Lipinski definition) is 4. The number of pyridine rings is 1. The molecule has 0 aliphatic carbocycles. The standard InChI is InChI=1S/C10H11ClFIN2O3/c1-10(2,3)18-9(17)14-6-4(12)7(11)15-8(16)5(6)13/h1-3H3,(H2,14,15,16,17). The molecule has 0 aliphatic rings. The summed E-state index contributed by atoms with van der Waals surface area (Å²) in [5, 5.41) is 11.0. The van der Waals surface area contributed by atoms with E-state index in [1.54, 1.807) is 43.4 Å². The lowest BCUT2D eigenvalue weighted by atomic mass is 10.2. The highest BCUT2D eigenvalue weighted by Gasteiger charge is 2.22. The van der Waals surface area contributed by atoms with Crippen LogP contribution in [0.25, 0.3) is 0 Å². The Labute approximate surface area is 122 Å². The van der Waals surface area contributed by atoms with Gasteiger partial charge in [0.15, 0.2) is 11.0 Å². The van der Waals surface area contributed by atoms with Gasteiger partial charge in [-0.15, -0.1) is 0 Å². The number of carbonyl (C=O) groups is 1. The number of ether oxygens (including phenoxy) is 1. The Hall–Kier alpha value is -0.830. The second-order valence-corrected chi connectivity index (χ2v) is 5.79. The summed E-state index contributed by atoms with van der Waals surface area (Å²) >= 11 is 7.10. The highest BCUT2D eigenvalue weighted by molar-refractivity contribution is 14.1. The molecule has 0 aromatic carbocycles. The molecule has 100 valence electrons. The number of aromatic nitrogens is 1. The van der Waals surface area contributed by atoms with Crippen LogP contribution in [0.15, 0.2) is 0 Å². The molecular weight excluding hydrogens is 377 g/mol. The van der Waals surface area contributed by atoms with Crippen molar-refractivity contribution >= 4 is 46.0 Å². The number of anilines is 1. The number of nitrogens with one attached hydrogen (secondary N) is 1. The molecule has 1 heterocycles. The lowest BCUT2D eigenvalue weighted by Crippen LogP contribution is -2.27. The van der Waals surface area contributed by atoms with Gasteiger partial charge in [0.1, 0.15) is 14.9 Å². The van der Waals surface area contributed by atoms with Gasteiger partial charge in [-0.2, -0.15) is 4.98 Å². The number of nitrogens with zero attached hydrogens (tertiary/aromatic N) is 1. The first-order chi connectivity index (χ1) is 8.11. The minimum absolute atomic E-state index is 0.0420. The Balaban J connectivity index is 3.01. The molecule has 0 unspecified atom stereocenters. The first kappa shape index (κ1) is 15.2. The molecular formula is C10H11ClFIN2O3. The molecule has 18 heavy (non-hydrogen) atoms. The van der Waals surface area contributed by atoms with Crippen LogP contribution >= 0.6 is 34.2 Å². The molecule has 1 aromatic rings. The van der Waals surface area contributed by atoms with Gasteiger partial charge in [0.25, 0.3) is 0 Å². The Morgan fingerprint density at radius 3 is 2.61 bits per heavy atom. The van der Waals surface area contributed by atoms with Crippen LogP contribution in [0, 0.1) is 9.39 Å². The van der Waals surface area contributed by atoms with Crippen molar-refractivity contribution in [1.29, 1.82) is 0 Å². The van der Waals surface area contributed by atoms with E-state index in [2.05, 4.69) is 10.3 Å². The second kappa shape index (κ2) is 5.43. The summed E-state index contributed by atoms with van der Waals surface area (Å²) in [7, 11) is 0. The van der Waals surface area contributed by atoms with Crippen molar-refractivity contribution in [2.24, 2.45) is 0 Å². The van der Waals surface area contributed by atoms with Gasteiger partial charge in [-0.1, -0.05) is 11.6 Å². The first-order valence-corrected chi connectivity index (χ1v) is 6.31. The molecule has 2 N–H and O–H groups in total. The van der Waals surface area contributed by atoms with E-state index in [9.17, 15) is 14.3 Å². The van der Waals surface area contributed by atoms with Gasteiger partial charge in [0.05, 0.1) is 0 Å². The predicted molar refractivity (Wildman–Crippen MR) is 73.4 cm³/mol. The van der Waals surface area contributed by atoms with Gasteiger partial charge in [-0.05, 0) is 43.4 Å². The molecule has 0 atom stereocenters. The lowest BCUT2D eigenvalue weighted by Gasteiger charge is -2.20. The molecule has 1 rings (SSSR count). The van der Waals surface area contributed by atoms with E-state index in [0.29, 0.717) is 0 Å². The van der Waals surface area contributed by atoms with Crippen molar-refractivity contribution in [3.63, 3.8) is 0 Å². The van der Waals surface area contributed by atoms with E-state index in [0.717, 1.165) is 0 Å². The molecule has 1 aromatic heterocycles. The van der Waals surface area contributed by atoms with Gasteiger partial charge in [-0.25, -0.2) is 9.18 Å². The highest BCUT2D eigenvalue weighted by Crippen LogP contribution is 2.32. The molecule has 5 nitrogen and oxygen atoms in total. The fourth-order valence-corrected chi connectivity index (χ4v) is 1.68. The lowest BCUT2D eigenvalue weighted by molar-refractivity contribution is 0.0635. The Morgan fingerprint density at radius 2 is 2.11 bits per heavy atom. The first-order valence-electron chi connectivity index (χ1n) is 4.85. The summed E-state index contributed by atoms with van der Waals surface area (Å²) in [6, 6.07) is 0. The molecule has 0 spiro atoms. The number of carbonyl (C=O) groups excluding carboxylic acids is 1.